The minimum atomic E-state index is -0.138. The standard InChI is InChI=1S/C19H25N5O2/c1-13-7-8-15(14(2)11-13)17(25)20-12-16-21-18(23-19(22-16)26-3)24-9-5-4-6-10-24/h7-8,11H,4-6,9-10,12H2,1-3H3,(H,20,25). The maximum Gasteiger partial charge on any atom is 0.321 e. The number of aryl methyl sites for hydroxylation is 2. The summed E-state index contributed by atoms with van der Waals surface area (Å²) < 4.78 is 5.21. The van der Waals surface area contributed by atoms with Crippen LogP contribution in [-0.4, -0.2) is 41.1 Å². The lowest BCUT2D eigenvalue weighted by atomic mass is 10.1. The van der Waals surface area contributed by atoms with Gasteiger partial charge in [0.1, 0.15) is 0 Å². The highest BCUT2D eigenvalue weighted by atomic mass is 16.5. The fourth-order valence-corrected chi connectivity index (χ4v) is 3.11. The Morgan fingerprint density at radius 3 is 2.62 bits per heavy atom. The summed E-state index contributed by atoms with van der Waals surface area (Å²) in [5, 5.41) is 2.89. The molecule has 1 fully saturated rings. The summed E-state index contributed by atoms with van der Waals surface area (Å²) in [6, 6.07) is 6.04. The minimum absolute atomic E-state index is 0.138. The van der Waals surface area contributed by atoms with Crippen LogP contribution in [0.4, 0.5) is 5.95 Å². The molecule has 1 aromatic carbocycles. The highest BCUT2D eigenvalue weighted by Crippen LogP contribution is 2.18. The molecule has 7 heteroatoms. The van der Waals surface area contributed by atoms with Crippen LogP contribution in [0.25, 0.3) is 0 Å². The lowest BCUT2D eigenvalue weighted by Gasteiger charge is -2.26. The number of anilines is 1. The first kappa shape index (κ1) is 18.1. The van der Waals surface area contributed by atoms with Crippen LogP contribution < -0.4 is 15.0 Å². The van der Waals surface area contributed by atoms with Crippen molar-refractivity contribution in [3.8, 4) is 6.01 Å². The molecule has 0 bridgehead atoms. The van der Waals surface area contributed by atoms with Crippen molar-refractivity contribution in [2.75, 3.05) is 25.1 Å². The number of ether oxygens (including phenoxy) is 1. The van der Waals surface area contributed by atoms with E-state index in [0.717, 1.165) is 37.1 Å². The summed E-state index contributed by atoms with van der Waals surface area (Å²) in [6.07, 6.45) is 3.50. The number of piperidine rings is 1. The molecule has 1 N–H and O–H groups in total. The predicted molar refractivity (Wildman–Crippen MR) is 99.5 cm³/mol. The van der Waals surface area contributed by atoms with Gasteiger partial charge in [0.2, 0.25) is 5.95 Å². The minimum Gasteiger partial charge on any atom is -0.467 e. The van der Waals surface area contributed by atoms with Crippen molar-refractivity contribution in [3.05, 3.63) is 40.7 Å². The molecule has 2 heterocycles. The fraction of sp³-hybridized carbons (Fsp3) is 0.474. The Bertz CT molecular complexity index is 787. The van der Waals surface area contributed by atoms with Crippen molar-refractivity contribution in [2.24, 2.45) is 0 Å². The van der Waals surface area contributed by atoms with Gasteiger partial charge in [0, 0.05) is 18.7 Å². The zero-order valence-corrected chi connectivity index (χ0v) is 15.6. The SMILES string of the molecule is COc1nc(CNC(=O)c2ccc(C)cc2C)nc(N2CCCCC2)n1. The van der Waals surface area contributed by atoms with Crippen LogP contribution in [-0.2, 0) is 6.54 Å². The van der Waals surface area contributed by atoms with E-state index in [2.05, 4.69) is 25.2 Å². The van der Waals surface area contributed by atoms with E-state index < -0.39 is 0 Å². The number of aromatic nitrogens is 3. The molecule has 26 heavy (non-hydrogen) atoms. The number of nitrogens with zero attached hydrogens (tertiary/aromatic N) is 4. The molecule has 0 radical (unpaired) electrons. The molecule has 138 valence electrons. The molecule has 0 unspecified atom stereocenters. The van der Waals surface area contributed by atoms with Gasteiger partial charge < -0.3 is 15.0 Å². The van der Waals surface area contributed by atoms with E-state index in [4.69, 9.17) is 4.74 Å². The highest BCUT2D eigenvalue weighted by Gasteiger charge is 2.17. The van der Waals surface area contributed by atoms with Gasteiger partial charge in [0.15, 0.2) is 5.82 Å². The van der Waals surface area contributed by atoms with E-state index in [9.17, 15) is 4.79 Å². The maximum atomic E-state index is 12.5. The summed E-state index contributed by atoms with van der Waals surface area (Å²) in [5.74, 6) is 0.976. The van der Waals surface area contributed by atoms with E-state index in [-0.39, 0.29) is 18.5 Å². The summed E-state index contributed by atoms with van der Waals surface area (Å²) in [6.45, 7) is 6.03. The molecule has 7 nitrogen and oxygen atoms in total. The molecular formula is C19H25N5O2. The Hall–Kier alpha value is -2.70. The summed E-state index contributed by atoms with van der Waals surface area (Å²) in [7, 11) is 1.54. The summed E-state index contributed by atoms with van der Waals surface area (Å²) in [4.78, 5) is 27.7. The number of hydrogen-bond acceptors (Lipinski definition) is 6. The van der Waals surface area contributed by atoms with Crippen LogP contribution in [0.1, 0.15) is 46.6 Å². The van der Waals surface area contributed by atoms with Gasteiger partial charge in [-0.3, -0.25) is 4.79 Å². The van der Waals surface area contributed by atoms with E-state index in [1.807, 2.05) is 32.0 Å². The fourth-order valence-electron chi connectivity index (χ4n) is 3.11. The second-order valence-electron chi connectivity index (χ2n) is 6.59. The van der Waals surface area contributed by atoms with E-state index in [1.165, 1.54) is 13.5 Å². The first-order valence-corrected chi connectivity index (χ1v) is 8.96. The maximum absolute atomic E-state index is 12.5. The molecule has 1 amide bonds. The molecule has 1 aliphatic heterocycles. The average Bonchev–Trinajstić information content (AvgIpc) is 2.66. The molecule has 0 spiro atoms. The molecule has 1 aliphatic rings. The first-order valence-electron chi connectivity index (χ1n) is 8.96. The Labute approximate surface area is 153 Å². The van der Waals surface area contributed by atoms with Gasteiger partial charge >= 0.3 is 6.01 Å². The van der Waals surface area contributed by atoms with E-state index >= 15 is 0 Å². The lowest BCUT2D eigenvalue weighted by Crippen LogP contribution is -2.32. The molecule has 1 aromatic heterocycles. The first-order chi connectivity index (χ1) is 12.6. The van der Waals surface area contributed by atoms with Gasteiger partial charge in [-0.1, -0.05) is 17.7 Å². The number of methoxy groups -OCH3 is 1. The van der Waals surface area contributed by atoms with Crippen LogP contribution in [0.5, 0.6) is 6.01 Å². The van der Waals surface area contributed by atoms with Crippen LogP contribution in [0.2, 0.25) is 0 Å². The normalized spacial score (nSPS) is 14.2. The van der Waals surface area contributed by atoms with Gasteiger partial charge in [0.05, 0.1) is 13.7 Å². The third-order valence-corrected chi connectivity index (χ3v) is 4.50. The largest absolute Gasteiger partial charge is 0.467 e. The van der Waals surface area contributed by atoms with Crippen molar-refractivity contribution in [3.63, 3.8) is 0 Å². The number of rotatable bonds is 5. The average molecular weight is 355 g/mol. The zero-order chi connectivity index (χ0) is 18.5. The quantitative estimate of drug-likeness (QED) is 0.887. The Kier molecular flexibility index (Phi) is 5.65. The summed E-state index contributed by atoms with van der Waals surface area (Å²) >= 11 is 0. The van der Waals surface area contributed by atoms with Gasteiger partial charge in [-0.05, 0) is 44.7 Å². The lowest BCUT2D eigenvalue weighted by molar-refractivity contribution is 0.0949. The summed E-state index contributed by atoms with van der Waals surface area (Å²) in [5.41, 5.74) is 2.74. The number of amides is 1. The topological polar surface area (TPSA) is 80.2 Å². The second-order valence-corrected chi connectivity index (χ2v) is 6.59. The molecule has 2 aromatic rings. The van der Waals surface area contributed by atoms with E-state index in [1.54, 1.807) is 0 Å². The van der Waals surface area contributed by atoms with Crippen molar-refractivity contribution in [1.82, 2.24) is 20.3 Å². The molecule has 0 saturated carbocycles. The number of benzene rings is 1. The van der Waals surface area contributed by atoms with Crippen LogP contribution >= 0.6 is 0 Å². The molecule has 1 saturated heterocycles. The van der Waals surface area contributed by atoms with Gasteiger partial charge in [-0.15, -0.1) is 0 Å². The van der Waals surface area contributed by atoms with Crippen LogP contribution in [0, 0.1) is 13.8 Å². The molecule has 3 rings (SSSR count). The molecule has 0 atom stereocenters. The number of hydrogen-bond donors (Lipinski definition) is 1. The van der Waals surface area contributed by atoms with Crippen molar-refractivity contribution in [1.29, 1.82) is 0 Å². The monoisotopic (exact) mass is 355 g/mol. The number of carbonyl (C=O) groups is 1. The Morgan fingerprint density at radius 2 is 1.92 bits per heavy atom. The number of carbonyl (C=O) groups excluding carboxylic acids is 1. The number of nitrogens with one attached hydrogen (secondary N) is 1. The third-order valence-electron chi connectivity index (χ3n) is 4.50. The van der Waals surface area contributed by atoms with Gasteiger partial charge in [-0.2, -0.15) is 15.0 Å². The Balaban J connectivity index is 1.73. The van der Waals surface area contributed by atoms with Crippen molar-refractivity contribution >= 4 is 11.9 Å². The van der Waals surface area contributed by atoms with E-state index in [0.29, 0.717) is 17.3 Å². The third kappa shape index (κ3) is 4.28. The van der Waals surface area contributed by atoms with Crippen molar-refractivity contribution in [2.45, 2.75) is 39.7 Å². The van der Waals surface area contributed by atoms with Gasteiger partial charge in [-0.25, -0.2) is 0 Å². The van der Waals surface area contributed by atoms with Gasteiger partial charge in [0.25, 0.3) is 5.91 Å². The van der Waals surface area contributed by atoms with Crippen molar-refractivity contribution < 1.29 is 9.53 Å². The smallest absolute Gasteiger partial charge is 0.321 e. The zero-order valence-electron chi connectivity index (χ0n) is 15.6. The predicted octanol–water partition coefficient (Wildman–Crippen LogP) is 2.42. The van der Waals surface area contributed by atoms with Crippen LogP contribution in [0.15, 0.2) is 18.2 Å². The molecule has 0 aliphatic carbocycles. The Morgan fingerprint density at radius 1 is 1.15 bits per heavy atom. The van der Waals surface area contributed by atoms with Crippen LogP contribution in [0.3, 0.4) is 0 Å². The highest BCUT2D eigenvalue weighted by molar-refractivity contribution is 5.95. The molecular weight excluding hydrogens is 330 g/mol. The second kappa shape index (κ2) is 8.12.